The molecule has 2 atom stereocenters. The van der Waals surface area contributed by atoms with Crippen LogP contribution in [-0.4, -0.2) is 82.3 Å². The number of unbranched alkanes of at least 4 members (excludes halogenated alkanes) is 59. The van der Waals surface area contributed by atoms with Crippen molar-refractivity contribution in [2.45, 2.75) is 456 Å². The van der Waals surface area contributed by atoms with E-state index in [0.717, 1.165) is 64.2 Å². The lowest BCUT2D eigenvalue weighted by Gasteiger charge is -2.26. The number of rotatable bonds is 82. The molecule has 0 aromatic heterocycles. The van der Waals surface area contributed by atoms with E-state index in [0.29, 0.717) is 17.4 Å². The first-order chi connectivity index (χ1) is 48.1. The lowest BCUT2D eigenvalue weighted by molar-refractivity contribution is -0.870. The highest BCUT2D eigenvalue weighted by molar-refractivity contribution is 5.70. The molecule has 0 saturated heterocycles. The van der Waals surface area contributed by atoms with Crippen LogP contribution < -0.4 is 5.11 Å². The molecule has 0 bridgehead atoms. The van der Waals surface area contributed by atoms with Gasteiger partial charge in [-0.3, -0.25) is 9.59 Å². The smallest absolute Gasteiger partial charge is 0.306 e. The van der Waals surface area contributed by atoms with Gasteiger partial charge in [-0.2, -0.15) is 0 Å². The van der Waals surface area contributed by atoms with E-state index >= 15 is 0 Å². The van der Waals surface area contributed by atoms with E-state index in [4.69, 9.17) is 18.9 Å². The molecule has 0 aromatic carbocycles. The van der Waals surface area contributed by atoms with E-state index in [2.05, 4.69) is 62.5 Å². The Kier molecular flexibility index (Phi) is 77.7. The second-order valence-electron chi connectivity index (χ2n) is 30.8. The number of nitrogens with zero attached hydrogens (tertiary/aromatic N) is 1. The van der Waals surface area contributed by atoms with Gasteiger partial charge in [0.25, 0.3) is 0 Å². The van der Waals surface area contributed by atoms with Gasteiger partial charge < -0.3 is 33.3 Å². The molecule has 0 saturated carbocycles. The summed E-state index contributed by atoms with van der Waals surface area (Å²) in [6, 6.07) is 0. The number of hydrogen-bond donors (Lipinski definition) is 0. The average molecular weight is 1380 g/mol. The van der Waals surface area contributed by atoms with Gasteiger partial charge in [0, 0.05) is 12.8 Å². The minimum atomic E-state index is -1.62. The topological polar surface area (TPSA) is 111 Å². The molecule has 0 aliphatic heterocycles. The monoisotopic (exact) mass is 1380 g/mol. The SMILES string of the molecule is CC/C=C\C/C=C\C/C=C\C/C=C\CCCCCCCCCCCCCCCCCCCCCCC(=O)OC(COC(=O)CCCCCCCCCCCCCCCCCCCCCCCCCCCCCCCCCCCCCCCCCC)COC(OCC[N+](C)(C)C)C(=O)[O-]. The molecule has 0 fully saturated rings. The van der Waals surface area contributed by atoms with Crippen LogP contribution in [0.25, 0.3) is 0 Å². The Balaban J connectivity index is 3.90. The Labute approximate surface area is 610 Å². The molecule has 0 radical (unpaired) electrons. The molecule has 0 rings (SSSR count). The molecule has 9 nitrogen and oxygen atoms in total. The highest BCUT2D eigenvalue weighted by Crippen LogP contribution is 2.21. The molecule has 0 aliphatic carbocycles. The average Bonchev–Trinajstić information content (AvgIpc) is 1.14. The third-order valence-corrected chi connectivity index (χ3v) is 19.8. The Morgan fingerprint density at radius 2 is 0.582 bits per heavy atom. The zero-order valence-corrected chi connectivity index (χ0v) is 66.2. The molecule has 0 N–H and O–H groups in total. The second kappa shape index (κ2) is 79.9. The van der Waals surface area contributed by atoms with Gasteiger partial charge in [-0.15, -0.1) is 0 Å². The first kappa shape index (κ1) is 95.2. The van der Waals surface area contributed by atoms with Crippen molar-refractivity contribution in [2.75, 3.05) is 47.5 Å². The van der Waals surface area contributed by atoms with Crippen molar-refractivity contribution in [3.05, 3.63) is 48.6 Å². The van der Waals surface area contributed by atoms with Crippen molar-refractivity contribution >= 4 is 17.9 Å². The number of carboxylic acids is 1. The number of likely N-dealkylation sites (N-methyl/N-ethyl adjacent to an activating group) is 1. The van der Waals surface area contributed by atoms with E-state index in [9.17, 15) is 19.5 Å². The number of allylic oxidation sites excluding steroid dienone is 8. The van der Waals surface area contributed by atoms with E-state index in [1.54, 1.807) is 0 Å². The molecular weight excluding hydrogens is 1210 g/mol. The molecule has 0 heterocycles. The summed E-state index contributed by atoms with van der Waals surface area (Å²) < 4.78 is 22.9. The molecule has 9 heteroatoms. The lowest BCUT2D eigenvalue weighted by atomic mass is 10.0. The van der Waals surface area contributed by atoms with E-state index in [-0.39, 0.29) is 32.2 Å². The van der Waals surface area contributed by atoms with Gasteiger partial charge in [-0.25, -0.2) is 0 Å². The zero-order valence-electron chi connectivity index (χ0n) is 66.2. The van der Waals surface area contributed by atoms with Crippen molar-refractivity contribution in [1.29, 1.82) is 0 Å². The normalized spacial score (nSPS) is 12.8. The largest absolute Gasteiger partial charge is 0.545 e. The summed E-state index contributed by atoms with van der Waals surface area (Å²) in [5, 5.41) is 11.9. The number of carbonyl (C=O) groups excluding carboxylic acids is 3. The fraction of sp³-hybridized carbons (Fsp3) is 0.876. The summed E-state index contributed by atoms with van der Waals surface area (Å²) in [5.41, 5.74) is 0. The molecule has 0 aromatic rings. The number of carboxylic acid groups (broad SMARTS) is 1. The molecule has 2 unspecified atom stereocenters. The molecule has 0 spiro atoms. The minimum Gasteiger partial charge on any atom is -0.545 e. The van der Waals surface area contributed by atoms with Crippen molar-refractivity contribution in [3.8, 4) is 0 Å². The Morgan fingerprint density at radius 3 is 0.867 bits per heavy atom. The van der Waals surface area contributed by atoms with Gasteiger partial charge in [-0.1, -0.05) is 428 Å². The standard InChI is InChI=1S/C89H167NO8/c1-6-8-10-12-14-16-18-20-22-24-26-28-30-32-34-36-38-40-41-42-43-44-45-46-48-49-51-53-55-57-59-61-63-65-67-69-71-73-75-77-79-86(91)96-83-85(84-97-89(88(93)94)95-82-81-90(3,4)5)98-87(92)80-78-76-74-72-70-68-66-64-62-60-58-56-54-52-50-47-39-37-35-33-31-29-27-25-23-21-19-17-15-13-11-9-7-2/h9,11,15,17,21,23,27,29,85,89H,6-8,10,12-14,16,18-20,22,24-26,28,30-84H2,1-5H3/b11-9-,17-15-,23-21-,29-27-. The van der Waals surface area contributed by atoms with Crippen LogP contribution >= 0.6 is 0 Å². The third kappa shape index (κ3) is 80.6. The van der Waals surface area contributed by atoms with Gasteiger partial charge in [0.15, 0.2) is 12.4 Å². The van der Waals surface area contributed by atoms with Crippen molar-refractivity contribution in [1.82, 2.24) is 0 Å². The fourth-order valence-electron chi connectivity index (χ4n) is 13.3. The van der Waals surface area contributed by atoms with Crippen LogP contribution in [0.5, 0.6) is 0 Å². The maximum Gasteiger partial charge on any atom is 0.306 e. The van der Waals surface area contributed by atoms with Gasteiger partial charge >= 0.3 is 11.9 Å². The summed E-state index contributed by atoms with van der Waals surface area (Å²) in [5.74, 6) is -2.25. The van der Waals surface area contributed by atoms with Crippen molar-refractivity contribution < 1.29 is 42.9 Å². The summed E-state index contributed by atoms with van der Waals surface area (Å²) in [6.45, 7) is 4.72. The first-order valence-corrected chi connectivity index (χ1v) is 43.3. The quantitative estimate of drug-likeness (QED) is 0.0195. The molecule has 98 heavy (non-hydrogen) atoms. The zero-order chi connectivity index (χ0) is 71.1. The van der Waals surface area contributed by atoms with Crippen molar-refractivity contribution in [2.24, 2.45) is 0 Å². The number of aliphatic carboxylic acids is 1. The number of esters is 2. The Hall–Kier alpha value is -2.75. The molecule has 0 aliphatic rings. The lowest BCUT2D eigenvalue weighted by Crippen LogP contribution is -2.44. The third-order valence-electron chi connectivity index (χ3n) is 19.8. The van der Waals surface area contributed by atoms with Crippen LogP contribution in [0, 0.1) is 0 Å². The Morgan fingerprint density at radius 1 is 0.316 bits per heavy atom. The maximum atomic E-state index is 13.0. The second-order valence-corrected chi connectivity index (χ2v) is 30.8. The highest BCUT2D eigenvalue weighted by atomic mass is 16.7. The minimum absolute atomic E-state index is 0.151. The molecule has 576 valence electrons. The van der Waals surface area contributed by atoms with Crippen LogP contribution in [0.2, 0.25) is 0 Å². The van der Waals surface area contributed by atoms with E-state index in [1.807, 2.05) is 21.1 Å². The van der Waals surface area contributed by atoms with Gasteiger partial charge in [0.2, 0.25) is 0 Å². The summed E-state index contributed by atoms with van der Waals surface area (Å²) in [6.07, 6.45) is 103. The Bertz CT molecular complexity index is 1750. The van der Waals surface area contributed by atoms with Gasteiger partial charge in [0.05, 0.1) is 40.3 Å². The van der Waals surface area contributed by atoms with Crippen LogP contribution in [0.1, 0.15) is 444 Å². The van der Waals surface area contributed by atoms with Crippen LogP contribution in [-0.2, 0) is 33.3 Å². The first-order valence-electron chi connectivity index (χ1n) is 43.3. The van der Waals surface area contributed by atoms with Gasteiger partial charge in [-0.05, 0) is 51.4 Å². The predicted molar refractivity (Wildman–Crippen MR) is 422 cm³/mol. The predicted octanol–water partition coefficient (Wildman–Crippen LogP) is 26.7. The highest BCUT2D eigenvalue weighted by Gasteiger charge is 2.22. The van der Waals surface area contributed by atoms with Crippen LogP contribution in [0.4, 0.5) is 0 Å². The van der Waals surface area contributed by atoms with Crippen LogP contribution in [0.3, 0.4) is 0 Å². The van der Waals surface area contributed by atoms with E-state index in [1.165, 1.54) is 353 Å². The summed E-state index contributed by atoms with van der Waals surface area (Å²) in [4.78, 5) is 37.7. The molecular formula is C89H167NO8. The number of ether oxygens (including phenoxy) is 4. The number of hydrogen-bond acceptors (Lipinski definition) is 8. The number of quaternary nitrogens is 1. The number of carbonyl (C=O) groups is 3. The van der Waals surface area contributed by atoms with Crippen molar-refractivity contribution in [3.63, 3.8) is 0 Å². The maximum absolute atomic E-state index is 13.0. The van der Waals surface area contributed by atoms with E-state index < -0.39 is 24.3 Å². The molecule has 0 amide bonds. The van der Waals surface area contributed by atoms with Crippen LogP contribution in [0.15, 0.2) is 48.6 Å². The summed E-state index contributed by atoms with van der Waals surface area (Å²) in [7, 11) is 5.96. The fourth-order valence-corrected chi connectivity index (χ4v) is 13.3. The summed E-state index contributed by atoms with van der Waals surface area (Å²) >= 11 is 0. The van der Waals surface area contributed by atoms with Gasteiger partial charge in [0.1, 0.15) is 13.2 Å².